The van der Waals surface area contributed by atoms with E-state index in [0.29, 0.717) is 29.8 Å². The molecule has 0 heterocycles. The highest BCUT2D eigenvalue weighted by molar-refractivity contribution is 5.88. The number of hydrogen-bond acceptors (Lipinski definition) is 2. The van der Waals surface area contributed by atoms with Gasteiger partial charge < -0.3 is 0 Å². The van der Waals surface area contributed by atoms with Gasteiger partial charge in [-0.25, -0.2) is 0 Å². The summed E-state index contributed by atoms with van der Waals surface area (Å²) in [4.78, 5) is 23.9. The number of carbonyl (C=O) groups excluding carboxylic acids is 2. The molecule has 1 fully saturated rings. The van der Waals surface area contributed by atoms with E-state index in [1.54, 1.807) is 0 Å². The van der Waals surface area contributed by atoms with Gasteiger partial charge in [-0.05, 0) is 55.1 Å². The molecule has 2 nitrogen and oxygen atoms in total. The fraction of sp³-hybridized carbons (Fsp3) is 0.667. The number of allylic oxidation sites excluding steroid dienone is 4. The van der Waals surface area contributed by atoms with Gasteiger partial charge in [-0.1, -0.05) is 18.6 Å². The number of fused-ring (bicyclic) bond motifs is 4. The molecular weight excluding hydrogens is 248 g/mol. The van der Waals surface area contributed by atoms with Gasteiger partial charge in [-0.15, -0.1) is 0 Å². The predicted octanol–water partition coefficient (Wildman–Crippen LogP) is 3.76. The second-order valence-corrected chi connectivity index (χ2v) is 7.29. The van der Waals surface area contributed by atoms with Crippen LogP contribution in [0.25, 0.3) is 0 Å². The Kier molecular flexibility index (Phi) is 2.61. The first kappa shape index (κ1) is 12.6. The van der Waals surface area contributed by atoms with Gasteiger partial charge in [0.15, 0.2) is 0 Å². The molecule has 4 aliphatic rings. The van der Waals surface area contributed by atoms with E-state index < -0.39 is 0 Å². The number of rotatable bonds is 0. The number of hydrogen-bond donors (Lipinski definition) is 0. The van der Waals surface area contributed by atoms with Crippen molar-refractivity contribution in [3.63, 3.8) is 0 Å². The third kappa shape index (κ3) is 1.57. The molecular formula is C18H22O2. The summed E-state index contributed by atoms with van der Waals surface area (Å²) in [5, 5.41) is 0. The van der Waals surface area contributed by atoms with Crippen LogP contribution >= 0.6 is 0 Å². The van der Waals surface area contributed by atoms with Crippen LogP contribution < -0.4 is 0 Å². The average molecular weight is 270 g/mol. The molecule has 0 aliphatic heterocycles. The lowest BCUT2D eigenvalue weighted by Crippen LogP contribution is -2.39. The molecule has 0 N–H and O–H groups in total. The lowest BCUT2D eigenvalue weighted by molar-refractivity contribution is -0.127. The van der Waals surface area contributed by atoms with E-state index in [-0.39, 0.29) is 5.41 Å². The summed E-state index contributed by atoms with van der Waals surface area (Å²) >= 11 is 0. The summed E-state index contributed by atoms with van der Waals surface area (Å²) < 4.78 is 0. The quantitative estimate of drug-likeness (QED) is 0.671. The van der Waals surface area contributed by atoms with Gasteiger partial charge in [0.05, 0.1) is 0 Å². The maximum atomic E-state index is 12.2. The summed E-state index contributed by atoms with van der Waals surface area (Å²) in [7, 11) is 0. The van der Waals surface area contributed by atoms with E-state index >= 15 is 0 Å². The fourth-order valence-electron chi connectivity index (χ4n) is 5.19. The Bertz CT molecular complexity index is 566. The first-order chi connectivity index (χ1) is 9.59. The molecule has 1 saturated carbocycles. The lowest BCUT2D eigenvalue weighted by atomic mass is 9.59. The topological polar surface area (TPSA) is 34.1 Å². The number of Topliss-reactive ketones (excluding diaryl/α,β-unsaturated/α-hetero) is 2. The molecule has 0 spiro atoms. The Morgan fingerprint density at radius 2 is 1.95 bits per heavy atom. The molecule has 0 amide bonds. The van der Waals surface area contributed by atoms with Crippen molar-refractivity contribution in [2.75, 3.05) is 0 Å². The van der Waals surface area contributed by atoms with Crippen molar-refractivity contribution in [3.05, 3.63) is 22.8 Å². The number of ketones is 2. The van der Waals surface area contributed by atoms with Gasteiger partial charge in [-0.2, -0.15) is 0 Å². The summed E-state index contributed by atoms with van der Waals surface area (Å²) in [5.41, 5.74) is 4.35. The zero-order valence-electron chi connectivity index (χ0n) is 12.2. The normalized spacial score (nSPS) is 40.1. The van der Waals surface area contributed by atoms with Crippen molar-refractivity contribution in [2.45, 2.75) is 58.3 Å². The molecule has 0 radical (unpaired) electrons. The lowest BCUT2D eigenvalue weighted by Gasteiger charge is -2.44. The summed E-state index contributed by atoms with van der Waals surface area (Å²) in [5.74, 6) is 2.05. The van der Waals surface area contributed by atoms with E-state index in [4.69, 9.17) is 0 Å². The molecule has 0 bridgehead atoms. The van der Waals surface area contributed by atoms with E-state index in [9.17, 15) is 9.59 Å². The Hall–Kier alpha value is -1.18. The highest BCUT2D eigenvalue weighted by atomic mass is 16.1. The molecule has 2 heteroatoms. The highest BCUT2D eigenvalue weighted by Crippen LogP contribution is 2.57. The van der Waals surface area contributed by atoms with Crippen LogP contribution in [0.3, 0.4) is 0 Å². The van der Waals surface area contributed by atoms with Crippen LogP contribution in [0, 0.1) is 17.3 Å². The molecule has 20 heavy (non-hydrogen) atoms. The zero-order valence-corrected chi connectivity index (χ0v) is 12.2. The van der Waals surface area contributed by atoms with Crippen LogP contribution in [0.1, 0.15) is 58.3 Å². The molecule has 0 saturated heterocycles. The third-order valence-corrected chi connectivity index (χ3v) is 6.37. The van der Waals surface area contributed by atoms with Crippen LogP contribution in [0.5, 0.6) is 0 Å². The Balaban J connectivity index is 1.75. The van der Waals surface area contributed by atoms with Crippen molar-refractivity contribution in [2.24, 2.45) is 17.3 Å². The molecule has 4 aliphatic carbocycles. The summed E-state index contributed by atoms with van der Waals surface area (Å²) in [6, 6.07) is 0. The van der Waals surface area contributed by atoms with Crippen molar-refractivity contribution < 1.29 is 9.59 Å². The zero-order chi connectivity index (χ0) is 13.9. The van der Waals surface area contributed by atoms with Crippen LogP contribution in [-0.4, -0.2) is 11.6 Å². The Morgan fingerprint density at radius 1 is 1.10 bits per heavy atom. The molecule has 0 aromatic rings. The molecule has 0 unspecified atom stereocenters. The van der Waals surface area contributed by atoms with Crippen molar-refractivity contribution in [3.8, 4) is 0 Å². The smallest absolute Gasteiger partial charge is 0.139 e. The second-order valence-electron chi connectivity index (χ2n) is 7.29. The van der Waals surface area contributed by atoms with Crippen molar-refractivity contribution in [1.29, 1.82) is 0 Å². The van der Waals surface area contributed by atoms with Gasteiger partial charge in [0, 0.05) is 24.7 Å². The van der Waals surface area contributed by atoms with Gasteiger partial charge in [0.2, 0.25) is 0 Å². The Morgan fingerprint density at radius 3 is 2.80 bits per heavy atom. The molecule has 0 aromatic heterocycles. The van der Waals surface area contributed by atoms with Gasteiger partial charge in [0.25, 0.3) is 0 Å². The van der Waals surface area contributed by atoms with Gasteiger partial charge >= 0.3 is 0 Å². The predicted molar refractivity (Wildman–Crippen MR) is 77.1 cm³/mol. The first-order valence-electron chi connectivity index (χ1n) is 8.06. The van der Waals surface area contributed by atoms with Crippen LogP contribution in [0.2, 0.25) is 0 Å². The second kappa shape index (κ2) is 4.16. The van der Waals surface area contributed by atoms with Crippen LogP contribution in [-0.2, 0) is 9.59 Å². The average Bonchev–Trinajstić information content (AvgIpc) is 2.74. The van der Waals surface area contributed by atoms with Crippen LogP contribution in [0.4, 0.5) is 0 Å². The molecule has 4 rings (SSSR count). The van der Waals surface area contributed by atoms with E-state index in [0.717, 1.165) is 44.9 Å². The Labute approximate surface area is 120 Å². The molecule has 0 aromatic carbocycles. The molecule has 3 atom stereocenters. The minimum Gasteiger partial charge on any atom is -0.299 e. The minimum atomic E-state index is -0.0866. The molecule has 106 valence electrons. The minimum absolute atomic E-state index is 0.0866. The summed E-state index contributed by atoms with van der Waals surface area (Å²) in [6.07, 6.45) is 9.76. The van der Waals surface area contributed by atoms with E-state index in [1.165, 1.54) is 16.7 Å². The van der Waals surface area contributed by atoms with Gasteiger partial charge in [-0.3, -0.25) is 9.59 Å². The van der Waals surface area contributed by atoms with Crippen molar-refractivity contribution >= 4 is 11.6 Å². The van der Waals surface area contributed by atoms with Gasteiger partial charge in [0.1, 0.15) is 11.6 Å². The fourth-order valence-corrected chi connectivity index (χ4v) is 5.19. The highest BCUT2D eigenvalue weighted by Gasteiger charge is 2.52. The summed E-state index contributed by atoms with van der Waals surface area (Å²) in [6.45, 7) is 2.19. The van der Waals surface area contributed by atoms with Crippen molar-refractivity contribution in [1.82, 2.24) is 0 Å². The van der Waals surface area contributed by atoms with Crippen LogP contribution in [0.15, 0.2) is 22.8 Å². The maximum Gasteiger partial charge on any atom is 0.139 e. The third-order valence-electron chi connectivity index (χ3n) is 6.37. The standard InChI is InChI=1S/C18H22O2/c1-18-9-8-14-13-5-3-12(19)10-11(13)2-4-15(14)16(18)6-7-17(18)20/h8,15-16H,2-7,9-10H2,1H3/t15-,16-,18+/m1/s1. The SMILES string of the molecule is C[C@]12CC=C3C4=C(CC[C@H]3[C@H]1CCC2=O)CC(=O)CC4. The van der Waals surface area contributed by atoms with E-state index in [2.05, 4.69) is 13.0 Å². The number of carbonyl (C=O) groups is 2. The largest absolute Gasteiger partial charge is 0.299 e. The monoisotopic (exact) mass is 270 g/mol. The maximum absolute atomic E-state index is 12.2. The first-order valence-corrected chi connectivity index (χ1v) is 8.06. The van der Waals surface area contributed by atoms with E-state index in [1.807, 2.05) is 0 Å².